The van der Waals surface area contributed by atoms with Crippen molar-refractivity contribution in [2.75, 3.05) is 13.1 Å². The summed E-state index contributed by atoms with van der Waals surface area (Å²) in [5.41, 5.74) is 4.61. The van der Waals surface area contributed by atoms with Crippen LogP contribution in [-0.2, 0) is 19.4 Å². The van der Waals surface area contributed by atoms with E-state index in [-0.39, 0.29) is 0 Å². The summed E-state index contributed by atoms with van der Waals surface area (Å²) >= 11 is 0. The zero-order chi connectivity index (χ0) is 11.2. The second kappa shape index (κ2) is 3.61. The van der Waals surface area contributed by atoms with Crippen LogP contribution in [0.2, 0.25) is 0 Å². The minimum atomic E-state index is 0.845. The van der Waals surface area contributed by atoms with Gasteiger partial charge in [0.15, 0.2) is 0 Å². The maximum absolute atomic E-state index is 3.47. The molecule has 2 aromatic rings. The van der Waals surface area contributed by atoms with E-state index in [9.17, 15) is 0 Å². The molecule has 0 radical (unpaired) electrons. The Balaban J connectivity index is 1.78. The van der Waals surface area contributed by atoms with Gasteiger partial charge in [0, 0.05) is 18.1 Å². The number of nitrogens with zero attached hydrogens (tertiary/aromatic N) is 1. The van der Waals surface area contributed by atoms with Gasteiger partial charge in [0.2, 0.25) is 0 Å². The smallest absolute Gasteiger partial charge is 0.0516 e. The third-order valence-electron chi connectivity index (χ3n) is 4.36. The highest BCUT2D eigenvalue weighted by atomic mass is 15.0. The van der Waals surface area contributed by atoms with Gasteiger partial charge in [-0.2, -0.15) is 0 Å². The van der Waals surface area contributed by atoms with E-state index in [4.69, 9.17) is 0 Å². The molecule has 2 nitrogen and oxygen atoms in total. The van der Waals surface area contributed by atoms with Crippen molar-refractivity contribution in [2.24, 2.45) is 5.92 Å². The van der Waals surface area contributed by atoms with E-state index in [2.05, 4.69) is 34.3 Å². The quantitative estimate of drug-likeness (QED) is 0.831. The van der Waals surface area contributed by atoms with E-state index in [1.165, 1.54) is 49.8 Å². The fourth-order valence-electron chi connectivity index (χ4n) is 3.49. The monoisotopic (exact) mass is 226 g/mol. The first-order chi connectivity index (χ1) is 8.42. The highest BCUT2D eigenvalue weighted by molar-refractivity contribution is 5.88. The highest BCUT2D eigenvalue weighted by Gasteiger charge is 2.20. The molecule has 17 heavy (non-hydrogen) atoms. The lowest BCUT2D eigenvalue weighted by molar-refractivity contribution is 0.580. The summed E-state index contributed by atoms with van der Waals surface area (Å²) in [7, 11) is 0. The van der Waals surface area contributed by atoms with Gasteiger partial charge in [-0.25, -0.2) is 0 Å². The number of hydrogen-bond donors (Lipinski definition) is 1. The van der Waals surface area contributed by atoms with Crippen LogP contribution in [-0.4, -0.2) is 17.7 Å². The SMILES string of the molecule is c1cc2c3c(c1)c(CC1CCNC1)cn3CC2. The summed E-state index contributed by atoms with van der Waals surface area (Å²) in [4.78, 5) is 0. The van der Waals surface area contributed by atoms with Crippen LogP contribution >= 0.6 is 0 Å². The van der Waals surface area contributed by atoms with Crippen LogP contribution in [0.25, 0.3) is 10.9 Å². The molecule has 1 aromatic heterocycles. The number of para-hydroxylation sites is 1. The molecule has 1 atom stereocenters. The number of rotatable bonds is 2. The molecule has 88 valence electrons. The molecule has 2 aliphatic heterocycles. The van der Waals surface area contributed by atoms with Crippen molar-refractivity contribution in [3.8, 4) is 0 Å². The normalized spacial score (nSPS) is 22.7. The Kier molecular flexibility index (Phi) is 2.06. The Morgan fingerprint density at radius 2 is 2.35 bits per heavy atom. The standard InChI is InChI=1S/C15H18N2/c1-2-12-5-7-17-10-13(14(3-1)15(12)17)8-11-4-6-16-9-11/h1-3,10-11,16H,4-9H2. The van der Waals surface area contributed by atoms with Gasteiger partial charge in [-0.3, -0.25) is 0 Å². The molecule has 0 spiro atoms. The van der Waals surface area contributed by atoms with Crippen LogP contribution in [0.15, 0.2) is 24.4 Å². The predicted molar refractivity (Wildman–Crippen MR) is 70.3 cm³/mol. The van der Waals surface area contributed by atoms with Crippen molar-refractivity contribution in [1.29, 1.82) is 0 Å². The van der Waals surface area contributed by atoms with E-state index in [1.807, 2.05) is 0 Å². The second-order valence-electron chi connectivity index (χ2n) is 5.47. The lowest BCUT2D eigenvalue weighted by atomic mass is 9.97. The molecule has 4 rings (SSSR count). The van der Waals surface area contributed by atoms with E-state index in [0.29, 0.717) is 0 Å². The molecule has 0 amide bonds. The molecular formula is C15H18N2. The number of aromatic nitrogens is 1. The average molecular weight is 226 g/mol. The van der Waals surface area contributed by atoms with Gasteiger partial charge in [0.25, 0.3) is 0 Å². The Bertz CT molecular complexity index is 562. The van der Waals surface area contributed by atoms with Crippen molar-refractivity contribution < 1.29 is 0 Å². The van der Waals surface area contributed by atoms with Crippen molar-refractivity contribution >= 4 is 10.9 Å². The molecule has 0 saturated carbocycles. The number of aryl methyl sites for hydroxylation is 2. The van der Waals surface area contributed by atoms with Crippen LogP contribution in [0, 0.1) is 5.92 Å². The van der Waals surface area contributed by atoms with E-state index >= 15 is 0 Å². The first kappa shape index (κ1) is 9.72. The van der Waals surface area contributed by atoms with Crippen molar-refractivity contribution in [2.45, 2.75) is 25.8 Å². The summed E-state index contributed by atoms with van der Waals surface area (Å²) < 4.78 is 2.46. The van der Waals surface area contributed by atoms with Crippen LogP contribution in [0.4, 0.5) is 0 Å². The van der Waals surface area contributed by atoms with Gasteiger partial charge in [0.05, 0.1) is 5.52 Å². The largest absolute Gasteiger partial charge is 0.347 e. The Morgan fingerprint density at radius 1 is 1.35 bits per heavy atom. The van der Waals surface area contributed by atoms with Crippen LogP contribution in [0.5, 0.6) is 0 Å². The van der Waals surface area contributed by atoms with Gasteiger partial charge in [-0.15, -0.1) is 0 Å². The first-order valence-electron chi connectivity index (χ1n) is 6.72. The van der Waals surface area contributed by atoms with Crippen LogP contribution < -0.4 is 5.32 Å². The van der Waals surface area contributed by atoms with E-state index in [1.54, 1.807) is 11.1 Å². The second-order valence-corrected chi connectivity index (χ2v) is 5.47. The van der Waals surface area contributed by atoms with Gasteiger partial charge >= 0.3 is 0 Å². The summed E-state index contributed by atoms with van der Waals surface area (Å²) in [6.45, 7) is 3.58. The van der Waals surface area contributed by atoms with Crippen LogP contribution in [0.3, 0.4) is 0 Å². The molecular weight excluding hydrogens is 208 g/mol. The molecule has 1 saturated heterocycles. The minimum absolute atomic E-state index is 0.845. The summed E-state index contributed by atoms with van der Waals surface area (Å²) in [5, 5.41) is 4.97. The fourth-order valence-corrected chi connectivity index (χ4v) is 3.49. The molecule has 2 aliphatic rings. The summed E-state index contributed by atoms with van der Waals surface area (Å²) in [6, 6.07) is 6.81. The lowest BCUT2D eigenvalue weighted by Gasteiger charge is -2.07. The molecule has 2 heteroatoms. The van der Waals surface area contributed by atoms with Gasteiger partial charge in [-0.05, 0) is 49.4 Å². The predicted octanol–water partition coefficient (Wildman–Crippen LogP) is 2.35. The number of nitrogens with one attached hydrogen (secondary N) is 1. The van der Waals surface area contributed by atoms with E-state index in [0.717, 1.165) is 5.92 Å². The van der Waals surface area contributed by atoms with Crippen molar-refractivity contribution in [3.05, 3.63) is 35.5 Å². The molecule has 3 heterocycles. The highest BCUT2D eigenvalue weighted by Crippen LogP contribution is 2.31. The van der Waals surface area contributed by atoms with Gasteiger partial charge in [-0.1, -0.05) is 18.2 Å². The molecule has 0 bridgehead atoms. The molecule has 0 aliphatic carbocycles. The first-order valence-corrected chi connectivity index (χ1v) is 6.72. The van der Waals surface area contributed by atoms with Gasteiger partial charge < -0.3 is 9.88 Å². The Labute approximate surface area is 102 Å². The third kappa shape index (κ3) is 1.44. The maximum Gasteiger partial charge on any atom is 0.0516 e. The zero-order valence-corrected chi connectivity index (χ0v) is 10.1. The van der Waals surface area contributed by atoms with Gasteiger partial charge in [0.1, 0.15) is 0 Å². The van der Waals surface area contributed by atoms with Crippen LogP contribution in [0.1, 0.15) is 17.5 Å². The topological polar surface area (TPSA) is 17.0 Å². The molecule has 1 unspecified atom stereocenters. The fraction of sp³-hybridized carbons (Fsp3) is 0.467. The molecule has 1 N–H and O–H groups in total. The number of benzene rings is 1. The summed E-state index contributed by atoms with van der Waals surface area (Å²) in [6.07, 6.45) is 6.21. The lowest BCUT2D eigenvalue weighted by Crippen LogP contribution is -2.10. The number of hydrogen-bond acceptors (Lipinski definition) is 1. The third-order valence-corrected chi connectivity index (χ3v) is 4.36. The Hall–Kier alpha value is -1.28. The maximum atomic E-state index is 3.47. The van der Waals surface area contributed by atoms with Crippen molar-refractivity contribution in [1.82, 2.24) is 9.88 Å². The van der Waals surface area contributed by atoms with E-state index < -0.39 is 0 Å². The zero-order valence-electron chi connectivity index (χ0n) is 10.1. The average Bonchev–Trinajstić information content (AvgIpc) is 3.04. The molecule has 1 aromatic carbocycles. The van der Waals surface area contributed by atoms with Crippen molar-refractivity contribution in [3.63, 3.8) is 0 Å². The summed E-state index contributed by atoms with van der Waals surface area (Å²) in [5.74, 6) is 0.845. The minimum Gasteiger partial charge on any atom is -0.347 e. The Morgan fingerprint density at radius 3 is 3.24 bits per heavy atom. The molecule has 1 fully saturated rings.